The van der Waals surface area contributed by atoms with Gasteiger partial charge in [0.05, 0.1) is 21.7 Å². The number of ketones is 1. The predicted octanol–water partition coefficient (Wildman–Crippen LogP) is 4.79. The van der Waals surface area contributed by atoms with Crippen molar-refractivity contribution in [3.05, 3.63) is 69.2 Å². The van der Waals surface area contributed by atoms with Crippen LogP contribution >= 0.6 is 23.2 Å². The molecule has 0 aliphatic rings. The molecule has 0 aliphatic heterocycles. The molecule has 1 unspecified atom stereocenters. The molecule has 20 heavy (non-hydrogen) atoms. The van der Waals surface area contributed by atoms with Crippen LogP contribution in [-0.2, 0) is 0 Å². The molecule has 0 N–H and O–H groups in total. The Morgan fingerprint density at radius 3 is 2.30 bits per heavy atom. The van der Waals surface area contributed by atoms with E-state index in [4.69, 9.17) is 23.2 Å². The Hall–Kier alpha value is -1.82. The number of benzene rings is 2. The molecule has 0 amide bonds. The summed E-state index contributed by atoms with van der Waals surface area (Å²) >= 11 is 12.1. The van der Waals surface area contributed by atoms with Gasteiger partial charge < -0.3 is 0 Å². The monoisotopic (exact) mass is 303 g/mol. The predicted molar refractivity (Wildman–Crippen MR) is 80.3 cm³/mol. The fraction of sp³-hybridized carbons (Fsp3) is 0.125. The third-order valence-electron chi connectivity index (χ3n) is 2.98. The number of Topliss-reactive ketones (excluding diaryl/α,β-unsaturated/α-hetero) is 1. The van der Waals surface area contributed by atoms with Crippen LogP contribution in [0.1, 0.15) is 27.4 Å². The maximum Gasteiger partial charge on any atom is 0.187 e. The quantitative estimate of drug-likeness (QED) is 0.765. The zero-order valence-electron chi connectivity index (χ0n) is 10.7. The van der Waals surface area contributed by atoms with Gasteiger partial charge in [0.15, 0.2) is 5.78 Å². The third-order valence-corrected chi connectivity index (χ3v) is 3.61. The van der Waals surface area contributed by atoms with Crippen molar-refractivity contribution in [2.45, 2.75) is 12.8 Å². The Morgan fingerprint density at radius 2 is 1.75 bits per heavy atom. The molecule has 0 radical (unpaired) electrons. The topological polar surface area (TPSA) is 40.9 Å². The Labute approximate surface area is 127 Å². The summed E-state index contributed by atoms with van der Waals surface area (Å²) in [5, 5.41) is 9.85. The van der Waals surface area contributed by atoms with Crippen LogP contribution in [-0.4, -0.2) is 5.78 Å². The second kappa shape index (κ2) is 6.09. The van der Waals surface area contributed by atoms with Crippen molar-refractivity contribution < 1.29 is 4.79 Å². The number of rotatable bonds is 3. The lowest BCUT2D eigenvalue weighted by molar-refractivity contribution is 0.0979. The molecule has 0 saturated carbocycles. The summed E-state index contributed by atoms with van der Waals surface area (Å²) in [7, 11) is 0. The summed E-state index contributed by atoms with van der Waals surface area (Å²) in [5.41, 5.74) is 1.83. The molecule has 2 aromatic carbocycles. The van der Waals surface area contributed by atoms with E-state index in [9.17, 15) is 10.1 Å². The number of hydrogen-bond acceptors (Lipinski definition) is 2. The first kappa shape index (κ1) is 14.6. The third kappa shape index (κ3) is 2.85. The van der Waals surface area contributed by atoms with Crippen molar-refractivity contribution in [2.75, 3.05) is 0 Å². The second-order valence-electron chi connectivity index (χ2n) is 4.44. The van der Waals surface area contributed by atoms with Gasteiger partial charge in [-0.2, -0.15) is 5.26 Å². The van der Waals surface area contributed by atoms with E-state index in [2.05, 4.69) is 0 Å². The van der Waals surface area contributed by atoms with Crippen LogP contribution in [0, 0.1) is 18.3 Å². The molecule has 2 nitrogen and oxygen atoms in total. The number of carbonyl (C=O) groups excluding carboxylic acids is 1. The molecular weight excluding hydrogens is 293 g/mol. The largest absolute Gasteiger partial charge is 0.292 e. The van der Waals surface area contributed by atoms with E-state index in [1.165, 1.54) is 0 Å². The van der Waals surface area contributed by atoms with Crippen molar-refractivity contribution in [1.29, 1.82) is 5.26 Å². The number of nitrogens with zero attached hydrogens (tertiary/aromatic N) is 1. The normalized spacial score (nSPS) is 11.7. The molecule has 0 bridgehead atoms. The molecule has 0 fully saturated rings. The summed E-state index contributed by atoms with van der Waals surface area (Å²) in [4.78, 5) is 12.5. The number of halogens is 2. The van der Waals surface area contributed by atoms with E-state index < -0.39 is 5.92 Å². The maximum atomic E-state index is 12.5. The highest BCUT2D eigenvalue weighted by Gasteiger charge is 2.25. The van der Waals surface area contributed by atoms with Crippen LogP contribution in [0.15, 0.2) is 42.5 Å². The lowest BCUT2D eigenvalue weighted by Crippen LogP contribution is -2.12. The maximum absolute atomic E-state index is 12.5. The standard InChI is InChI=1S/C16H11Cl2NO/c1-10-4-2-5-11(8-10)12(9-19)16(20)15-13(17)6-3-7-14(15)18/h2-8,12H,1H3. The molecule has 1 atom stereocenters. The molecule has 100 valence electrons. The van der Waals surface area contributed by atoms with Gasteiger partial charge in [-0.1, -0.05) is 59.1 Å². The zero-order valence-corrected chi connectivity index (χ0v) is 12.2. The number of hydrogen-bond donors (Lipinski definition) is 0. The highest BCUT2D eigenvalue weighted by Crippen LogP contribution is 2.30. The average molecular weight is 304 g/mol. The molecule has 0 aliphatic carbocycles. The molecule has 0 saturated heterocycles. The summed E-state index contributed by atoms with van der Waals surface area (Å²) in [6.07, 6.45) is 0. The van der Waals surface area contributed by atoms with Crippen molar-refractivity contribution in [3.8, 4) is 6.07 Å². The minimum atomic E-state index is -0.910. The Balaban J connectivity index is 2.48. The molecule has 2 rings (SSSR count). The van der Waals surface area contributed by atoms with Crippen LogP contribution in [0.3, 0.4) is 0 Å². The highest BCUT2D eigenvalue weighted by atomic mass is 35.5. The SMILES string of the molecule is Cc1cccc(C(C#N)C(=O)c2c(Cl)cccc2Cl)c1. The minimum absolute atomic E-state index is 0.198. The van der Waals surface area contributed by atoms with Crippen molar-refractivity contribution in [1.82, 2.24) is 0 Å². The molecular formula is C16H11Cl2NO. The zero-order chi connectivity index (χ0) is 14.7. The molecule has 2 aromatic rings. The van der Waals surface area contributed by atoms with Crippen LogP contribution in [0.4, 0.5) is 0 Å². The summed E-state index contributed by atoms with van der Waals surface area (Å²) in [5.74, 6) is -1.29. The number of aryl methyl sites for hydroxylation is 1. The van der Waals surface area contributed by atoms with Crippen molar-refractivity contribution in [3.63, 3.8) is 0 Å². The Bertz CT molecular complexity index is 684. The van der Waals surface area contributed by atoms with E-state index in [0.717, 1.165) is 5.56 Å². The van der Waals surface area contributed by atoms with Crippen LogP contribution in [0.25, 0.3) is 0 Å². The Morgan fingerprint density at radius 1 is 1.15 bits per heavy atom. The van der Waals surface area contributed by atoms with E-state index in [1.54, 1.807) is 24.3 Å². The smallest absolute Gasteiger partial charge is 0.187 e. The first-order valence-corrected chi connectivity index (χ1v) is 6.74. The minimum Gasteiger partial charge on any atom is -0.292 e. The van der Waals surface area contributed by atoms with Gasteiger partial charge in [-0.05, 0) is 24.6 Å². The van der Waals surface area contributed by atoms with E-state index in [1.807, 2.05) is 31.2 Å². The average Bonchev–Trinajstić information content (AvgIpc) is 2.39. The fourth-order valence-electron chi connectivity index (χ4n) is 2.01. The first-order chi connectivity index (χ1) is 9.54. The molecule has 4 heteroatoms. The Kier molecular flexibility index (Phi) is 4.44. The molecule has 0 spiro atoms. The van der Waals surface area contributed by atoms with Crippen LogP contribution in [0.5, 0.6) is 0 Å². The van der Waals surface area contributed by atoms with Gasteiger partial charge in [-0.25, -0.2) is 0 Å². The second-order valence-corrected chi connectivity index (χ2v) is 5.25. The van der Waals surface area contributed by atoms with Gasteiger partial charge in [0.2, 0.25) is 0 Å². The summed E-state index contributed by atoms with van der Waals surface area (Å²) in [6.45, 7) is 1.91. The van der Waals surface area contributed by atoms with Gasteiger partial charge in [-0.3, -0.25) is 4.79 Å². The highest BCUT2D eigenvalue weighted by molar-refractivity contribution is 6.40. The van der Waals surface area contributed by atoms with Gasteiger partial charge in [0, 0.05) is 0 Å². The fourth-order valence-corrected chi connectivity index (χ4v) is 2.60. The van der Waals surface area contributed by atoms with E-state index >= 15 is 0 Å². The van der Waals surface area contributed by atoms with E-state index in [-0.39, 0.29) is 21.4 Å². The van der Waals surface area contributed by atoms with Gasteiger partial charge in [-0.15, -0.1) is 0 Å². The van der Waals surface area contributed by atoms with Gasteiger partial charge in [0.25, 0.3) is 0 Å². The molecule has 0 heterocycles. The number of nitriles is 1. The van der Waals surface area contributed by atoms with Gasteiger partial charge in [0.1, 0.15) is 5.92 Å². The van der Waals surface area contributed by atoms with E-state index in [0.29, 0.717) is 5.56 Å². The van der Waals surface area contributed by atoms with Crippen LogP contribution < -0.4 is 0 Å². The van der Waals surface area contributed by atoms with Crippen molar-refractivity contribution >= 4 is 29.0 Å². The van der Waals surface area contributed by atoms with Crippen molar-refractivity contribution in [2.24, 2.45) is 0 Å². The number of carbonyl (C=O) groups is 1. The van der Waals surface area contributed by atoms with Gasteiger partial charge >= 0.3 is 0 Å². The first-order valence-electron chi connectivity index (χ1n) is 5.99. The lowest BCUT2D eigenvalue weighted by atomic mass is 9.91. The van der Waals surface area contributed by atoms with Crippen LogP contribution in [0.2, 0.25) is 10.0 Å². The lowest BCUT2D eigenvalue weighted by Gasteiger charge is -2.11. The molecule has 0 aromatic heterocycles. The summed E-state index contributed by atoms with van der Waals surface area (Å²) < 4.78 is 0. The summed E-state index contributed by atoms with van der Waals surface area (Å²) in [6, 6.07) is 14.2.